The van der Waals surface area contributed by atoms with E-state index in [1.54, 1.807) is 0 Å². The van der Waals surface area contributed by atoms with Crippen molar-refractivity contribution in [2.75, 3.05) is 12.3 Å². The molecule has 1 amide bonds. The van der Waals surface area contributed by atoms with E-state index in [1.165, 1.54) is 37.5 Å². The van der Waals surface area contributed by atoms with Crippen molar-refractivity contribution in [1.29, 1.82) is 0 Å². The summed E-state index contributed by atoms with van der Waals surface area (Å²) in [5, 5.41) is 7.93. The molecule has 1 aromatic carbocycles. The van der Waals surface area contributed by atoms with Gasteiger partial charge in [0.15, 0.2) is 0 Å². The summed E-state index contributed by atoms with van der Waals surface area (Å²) in [6.07, 6.45) is 3.66. The zero-order chi connectivity index (χ0) is 16.5. The number of rotatable bonds is 5. The van der Waals surface area contributed by atoms with Crippen molar-refractivity contribution in [1.82, 2.24) is 5.32 Å². The lowest BCUT2D eigenvalue weighted by molar-refractivity contribution is 0.0859. The van der Waals surface area contributed by atoms with Gasteiger partial charge in [0, 0.05) is 12.2 Å². The van der Waals surface area contributed by atoms with Crippen LogP contribution in [0.3, 0.4) is 0 Å². The van der Waals surface area contributed by atoms with E-state index in [9.17, 15) is 13.2 Å². The van der Waals surface area contributed by atoms with Crippen LogP contribution < -0.4 is 16.2 Å². The minimum atomic E-state index is -3.82. The SMILES string of the molecule is CC(C)(CNC(=O)c1ccc(S(N)(=O)=O)cc1N)C1CCC1. The summed E-state index contributed by atoms with van der Waals surface area (Å²) in [6, 6.07) is 3.89. The molecule has 7 heteroatoms. The van der Waals surface area contributed by atoms with Crippen LogP contribution in [0.1, 0.15) is 43.5 Å². The maximum absolute atomic E-state index is 12.2. The minimum Gasteiger partial charge on any atom is -0.398 e. The van der Waals surface area contributed by atoms with E-state index in [0.717, 1.165) is 0 Å². The van der Waals surface area contributed by atoms with Crippen molar-refractivity contribution in [2.45, 2.75) is 38.0 Å². The van der Waals surface area contributed by atoms with Gasteiger partial charge in [-0.25, -0.2) is 13.6 Å². The lowest BCUT2D eigenvalue weighted by atomic mass is 9.67. The summed E-state index contributed by atoms with van der Waals surface area (Å²) < 4.78 is 22.5. The molecule has 0 aromatic heterocycles. The number of anilines is 1. The lowest BCUT2D eigenvalue weighted by Gasteiger charge is -2.40. The predicted molar refractivity (Wildman–Crippen MR) is 85.7 cm³/mol. The highest BCUT2D eigenvalue weighted by Crippen LogP contribution is 2.41. The van der Waals surface area contributed by atoms with Gasteiger partial charge in [-0.3, -0.25) is 4.79 Å². The average Bonchev–Trinajstić information content (AvgIpc) is 2.32. The molecule has 0 radical (unpaired) electrons. The third kappa shape index (κ3) is 3.59. The van der Waals surface area contributed by atoms with Gasteiger partial charge in [-0.05, 0) is 42.4 Å². The number of hydrogen-bond acceptors (Lipinski definition) is 4. The molecule has 22 heavy (non-hydrogen) atoms. The first-order chi connectivity index (χ1) is 10.1. The Hall–Kier alpha value is -1.60. The Balaban J connectivity index is 2.07. The van der Waals surface area contributed by atoms with Crippen LogP contribution in [0.2, 0.25) is 0 Å². The Morgan fingerprint density at radius 3 is 2.45 bits per heavy atom. The maximum Gasteiger partial charge on any atom is 0.253 e. The standard InChI is InChI=1S/C15H23N3O3S/c1-15(2,10-4-3-5-10)9-18-14(19)12-7-6-11(8-13(12)16)22(17,20)21/h6-8,10H,3-5,9,16H2,1-2H3,(H,18,19)(H2,17,20,21). The molecule has 0 atom stereocenters. The van der Waals surface area contributed by atoms with E-state index < -0.39 is 10.0 Å². The molecule has 0 unspecified atom stereocenters. The molecule has 122 valence electrons. The van der Waals surface area contributed by atoms with Gasteiger partial charge in [-0.1, -0.05) is 20.3 Å². The Labute approximate surface area is 131 Å². The lowest BCUT2D eigenvalue weighted by Crippen LogP contribution is -2.41. The number of benzene rings is 1. The largest absolute Gasteiger partial charge is 0.398 e. The molecule has 0 bridgehead atoms. The van der Waals surface area contributed by atoms with Gasteiger partial charge in [-0.2, -0.15) is 0 Å². The smallest absolute Gasteiger partial charge is 0.253 e. The topological polar surface area (TPSA) is 115 Å². The Morgan fingerprint density at radius 1 is 1.36 bits per heavy atom. The summed E-state index contributed by atoms with van der Waals surface area (Å²) in [5.74, 6) is 0.334. The summed E-state index contributed by atoms with van der Waals surface area (Å²) in [5.41, 5.74) is 6.18. The zero-order valence-corrected chi connectivity index (χ0v) is 13.7. The van der Waals surface area contributed by atoms with Crippen LogP contribution >= 0.6 is 0 Å². The fourth-order valence-electron chi connectivity index (χ4n) is 2.66. The van der Waals surface area contributed by atoms with Crippen LogP contribution in [0.15, 0.2) is 23.1 Å². The third-order valence-corrected chi connectivity index (χ3v) is 5.42. The quantitative estimate of drug-likeness (QED) is 0.711. The van der Waals surface area contributed by atoms with Crippen molar-refractivity contribution in [2.24, 2.45) is 16.5 Å². The number of carbonyl (C=O) groups is 1. The number of nitrogens with two attached hydrogens (primary N) is 2. The molecule has 6 nitrogen and oxygen atoms in total. The van der Waals surface area contributed by atoms with Crippen LogP contribution in [0.5, 0.6) is 0 Å². The Kier molecular flexibility index (Phi) is 4.49. The van der Waals surface area contributed by atoms with Crippen LogP contribution in [0.4, 0.5) is 5.69 Å². The number of primary sulfonamides is 1. The first-order valence-corrected chi connectivity index (χ1v) is 8.86. The van der Waals surface area contributed by atoms with E-state index in [4.69, 9.17) is 10.9 Å². The molecule has 1 aromatic rings. The summed E-state index contributed by atoms with van der Waals surface area (Å²) in [7, 11) is -3.82. The Bertz CT molecular complexity index is 679. The number of sulfonamides is 1. The fourth-order valence-corrected chi connectivity index (χ4v) is 3.21. The van der Waals surface area contributed by atoms with Crippen LogP contribution in [0.25, 0.3) is 0 Å². The minimum absolute atomic E-state index is 0.0449. The van der Waals surface area contributed by atoms with E-state index in [1.807, 2.05) is 0 Å². The second kappa shape index (κ2) is 5.89. The summed E-state index contributed by atoms with van der Waals surface area (Å²) in [4.78, 5) is 12.1. The van der Waals surface area contributed by atoms with E-state index in [0.29, 0.717) is 12.5 Å². The second-order valence-electron chi connectivity index (χ2n) is 6.59. The van der Waals surface area contributed by atoms with Gasteiger partial charge in [0.25, 0.3) is 5.91 Å². The zero-order valence-electron chi connectivity index (χ0n) is 12.9. The van der Waals surface area contributed by atoms with Gasteiger partial charge in [-0.15, -0.1) is 0 Å². The van der Waals surface area contributed by atoms with Crippen molar-refractivity contribution in [3.05, 3.63) is 23.8 Å². The number of carbonyl (C=O) groups excluding carboxylic acids is 1. The predicted octanol–water partition coefficient (Wildman–Crippen LogP) is 1.47. The van der Waals surface area contributed by atoms with Crippen molar-refractivity contribution in [3.63, 3.8) is 0 Å². The van der Waals surface area contributed by atoms with Crippen molar-refractivity contribution < 1.29 is 13.2 Å². The van der Waals surface area contributed by atoms with Crippen molar-refractivity contribution >= 4 is 21.6 Å². The Morgan fingerprint density at radius 2 is 2.00 bits per heavy atom. The first-order valence-electron chi connectivity index (χ1n) is 7.32. The molecule has 0 heterocycles. The third-order valence-electron chi connectivity index (χ3n) is 4.51. The number of hydrogen-bond donors (Lipinski definition) is 3. The van der Waals surface area contributed by atoms with Gasteiger partial charge in [0.05, 0.1) is 10.5 Å². The van der Waals surface area contributed by atoms with Gasteiger partial charge in [0.1, 0.15) is 0 Å². The number of amides is 1. The molecule has 1 saturated carbocycles. The summed E-state index contributed by atoms with van der Waals surface area (Å²) in [6.45, 7) is 4.85. The highest BCUT2D eigenvalue weighted by molar-refractivity contribution is 7.89. The fraction of sp³-hybridized carbons (Fsp3) is 0.533. The molecule has 0 aliphatic heterocycles. The highest BCUT2D eigenvalue weighted by Gasteiger charge is 2.34. The monoisotopic (exact) mass is 325 g/mol. The van der Waals surface area contributed by atoms with Crippen LogP contribution in [-0.4, -0.2) is 20.9 Å². The van der Waals surface area contributed by atoms with Gasteiger partial charge < -0.3 is 11.1 Å². The number of nitrogens with one attached hydrogen (secondary N) is 1. The molecule has 1 aliphatic carbocycles. The molecule has 5 N–H and O–H groups in total. The highest BCUT2D eigenvalue weighted by atomic mass is 32.2. The normalized spacial score (nSPS) is 16.1. The van der Waals surface area contributed by atoms with E-state index in [2.05, 4.69) is 19.2 Å². The van der Waals surface area contributed by atoms with Crippen molar-refractivity contribution in [3.8, 4) is 0 Å². The molecular formula is C15H23N3O3S. The number of nitrogen functional groups attached to an aromatic ring is 1. The van der Waals surface area contributed by atoms with Crippen LogP contribution in [0, 0.1) is 11.3 Å². The molecule has 0 spiro atoms. The first kappa shape index (κ1) is 16.8. The van der Waals surface area contributed by atoms with Gasteiger partial charge >= 0.3 is 0 Å². The maximum atomic E-state index is 12.2. The molecular weight excluding hydrogens is 302 g/mol. The summed E-state index contributed by atoms with van der Waals surface area (Å²) >= 11 is 0. The van der Waals surface area contributed by atoms with E-state index in [-0.39, 0.29) is 27.5 Å². The second-order valence-corrected chi connectivity index (χ2v) is 8.15. The average molecular weight is 325 g/mol. The van der Waals surface area contributed by atoms with E-state index >= 15 is 0 Å². The molecule has 0 saturated heterocycles. The molecule has 1 aliphatic rings. The molecule has 2 rings (SSSR count). The van der Waals surface area contributed by atoms with Crippen LogP contribution in [-0.2, 0) is 10.0 Å². The van der Waals surface area contributed by atoms with Gasteiger partial charge in [0.2, 0.25) is 10.0 Å². The molecule has 1 fully saturated rings.